The van der Waals surface area contributed by atoms with Crippen LogP contribution in [0, 0.1) is 5.92 Å². The van der Waals surface area contributed by atoms with E-state index in [2.05, 4.69) is 4.90 Å². The normalized spacial score (nSPS) is 24.3. The molecule has 3 aliphatic rings. The highest BCUT2D eigenvalue weighted by Crippen LogP contribution is 2.44. The van der Waals surface area contributed by atoms with Gasteiger partial charge in [0.25, 0.3) is 0 Å². The molecule has 2 aromatic rings. The van der Waals surface area contributed by atoms with E-state index in [1.54, 1.807) is 7.11 Å². The van der Waals surface area contributed by atoms with Crippen LogP contribution < -0.4 is 14.2 Å². The number of aliphatic carboxylic acids is 1. The summed E-state index contributed by atoms with van der Waals surface area (Å²) in [6, 6.07) is 13.2. The summed E-state index contributed by atoms with van der Waals surface area (Å²) in [5.74, 6) is 0.0650. The Balaban J connectivity index is 1.48. The summed E-state index contributed by atoms with van der Waals surface area (Å²) in [5.41, 5.74) is 1.81. The first-order chi connectivity index (χ1) is 16.5. The number of rotatable bonds is 6. The maximum atomic E-state index is 13.0. The molecule has 2 aromatic carbocycles. The largest absolute Gasteiger partial charge is 0.497 e. The minimum atomic E-state index is -0.839. The van der Waals surface area contributed by atoms with E-state index in [1.807, 2.05) is 47.4 Å². The second-order valence-corrected chi connectivity index (χ2v) is 9.24. The van der Waals surface area contributed by atoms with Crippen LogP contribution in [0.15, 0.2) is 42.5 Å². The fourth-order valence-electron chi connectivity index (χ4n) is 5.49. The third kappa shape index (κ3) is 4.42. The van der Waals surface area contributed by atoms with E-state index in [-0.39, 0.29) is 24.5 Å². The molecule has 0 spiro atoms. The molecule has 1 N–H and O–H groups in total. The van der Waals surface area contributed by atoms with Crippen molar-refractivity contribution in [3.63, 3.8) is 0 Å². The van der Waals surface area contributed by atoms with Crippen molar-refractivity contribution in [3.05, 3.63) is 53.6 Å². The molecule has 3 heterocycles. The van der Waals surface area contributed by atoms with Gasteiger partial charge in [0.1, 0.15) is 5.75 Å². The molecule has 180 valence electrons. The Labute approximate surface area is 199 Å². The number of nitrogens with zero attached hydrogens (tertiary/aromatic N) is 2. The summed E-state index contributed by atoms with van der Waals surface area (Å²) >= 11 is 0. The van der Waals surface area contributed by atoms with Gasteiger partial charge in [-0.05, 0) is 48.2 Å². The van der Waals surface area contributed by atoms with E-state index >= 15 is 0 Å². The Morgan fingerprint density at radius 1 is 0.971 bits per heavy atom. The average molecular weight is 467 g/mol. The molecule has 0 saturated carbocycles. The maximum Gasteiger partial charge on any atom is 0.307 e. The highest BCUT2D eigenvalue weighted by molar-refractivity contribution is 5.79. The summed E-state index contributed by atoms with van der Waals surface area (Å²) in [4.78, 5) is 29.6. The molecule has 3 aliphatic heterocycles. The summed E-state index contributed by atoms with van der Waals surface area (Å²) in [7, 11) is 1.61. The number of carbonyl (C=O) groups excluding carboxylic acids is 1. The summed E-state index contributed by atoms with van der Waals surface area (Å²) < 4.78 is 16.3. The van der Waals surface area contributed by atoms with Crippen LogP contribution in [0.3, 0.4) is 0 Å². The number of carboxylic acids is 1. The Morgan fingerprint density at radius 3 is 2.29 bits per heavy atom. The molecule has 1 unspecified atom stereocenters. The zero-order valence-electron chi connectivity index (χ0n) is 19.3. The van der Waals surface area contributed by atoms with Crippen LogP contribution in [0.2, 0.25) is 0 Å². The lowest BCUT2D eigenvalue weighted by Crippen LogP contribution is -2.50. The number of ether oxygens (including phenoxy) is 3. The van der Waals surface area contributed by atoms with E-state index < -0.39 is 11.9 Å². The number of methoxy groups -OCH3 is 1. The lowest BCUT2D eigenvalue weighted by molar-refractivity contribution is -0.145. The van der Waals surface area contributed by atoms with Crippen molar-refractivity contribution < 1.29 is 28.9 Å². The first-order valence-electron chi connectivity index (χ1n) is 11.8. The Hall–Kier alpha value is -3.26. The summed E-state index contributed by atoms with van der Waals surface area (Å²) in [6.45, 7) is 3.05. The molecule has 5 rings (SSSR count). The van der Waals surface area contributed by atoms with Crippen molar-refractivity contribution in [2.75, 3.05) is 46.6 Å². The van der Waals surface area contributed by atoms with Gasteiger partial charge in [0, 0.05) is 38.0 Å². The SMILES string of the molecule is COc1ccc([C@H]2CN(CC(=O)N3CCCC3)CC(c3ccc4c(c3)OCO4)[C@@H]2C(=O)O)cc1. The number of hydrogen-bond acceptors (Lipinski definition) is 6. The Kier molecular flexibility index (Phi) is 6.32. The molecule has 8 heteroatoms. The number of amides is 1. The Bertz CT molecular complexity index is 1050. The molecule has 2 fully saturated rings. The number of fused-ring (bicyclic) bond motifs is 1. The van der Waals surface area contributed by atoms with Crippen LogP contribution in [-0.2, 0) is 9.59 Å². The second-order valence-electron chi connectivity index (χ2n) is 9.24. The number of carboxylic acid groups (broad SMARTS) is 1. The lowest BCUT2D eigenvalue weighted by atomic mass is 9.71. The van der Waals surface area contributed by atoms with Gasteiger partial charge in [-0.2, -0.15) is 0 Å². The second kappa shape index (κ2) is 9.54. The monoisotopic (exact) mass is 466 g/mol. The van der Waals surface area contributed by atoms with Gasteiger partial charge in [-0.1, -0.05) is 18.2 Å². The molecule has 0 radical (unpaired) electrons. The highest BCUT2D eigenvalue weighted by Gasteiger charge is 2.43. The van der Waals surface area contributed by atoms with E-state index in [0.717, 1.165) is 42.8 Å². The van der Waals surface area contributed by atoms with Crippen LogP contribution in [0.4, 0.5) is 0 Å². The molecule has 0 aliphatic carbocycles. The van der Waals surface area contributed by atoms with Gasteiger partial charge in [0.15, 0.2) is 11.5 Å². The van der Waals surface area contributed by atoms with Crippen molar-refractivity contribution in [1.82, 2.24) is 9.80 Å². The topological polar surface area (TPSA) is 88.5 Å². The third-order valence-corrected chi connectivity index (χ3v) is 7.25. The molecule has 34 heavy (non-hydrogen) atoms. The predicted molar refractivity (Wildman–Crippen MR) is 124 cm³/mol. The smallest absolute Gasteiger partial charge is 0.307 e. The van der Waals surface area contributed by atoms with Gasteiger partial charge in [-0.15, -0.1) is 0 Å². The summed E-state index contributed by atoms with van der Waals surface area (Å²) in [6.07, 6.45) is 2.09. The molecule has 1 amide bonds. The minimum Gasteiger partial charge on any atom is -0.497 e. The van der Waals surface area contributed by atoms with Crippen LogP contribution >= 0.6 is 0 Å². The number of piperidine rings is 1. The first-order valence-corrected chi connectivity index (χ1v) is 11.8. The minimum absolute atomic E-state index is 0.115. The van der Waals surface area contributed by atoms with Gasteiger partial charge in [-0.25, -0.2) is 0 Å². The number of benzene rings is 2. The van der Waals surface area contributed by atoms with Crippen molar-refractivity contribution in [3.8, 4) is 17.2 Å². The molecule has 3 atom stereocenters. The van der Waals surface area contributed by atoms with Crippen LogP contribution in [0.1, 0.15) is 35.8 Å². The van der Waals surface area contributed by atoms with E-state index in [4.69, 9.17) is 14.2 Å². The maximum absolute atomic E-state index is 13.0. The van der Waals surface area contributed by atoms with Gasteiger partial charge in [-0.3, -0.25) is 14.5 Å². The van der Waals surface area contributed by atoms with E-state index in [1.165, 1.54) is 0 Å². The zero-order chi connectivity index (χ0) is 23.7. The third-order valence-electron chi connectivity index (χ3n) is 7.25. The van der Waals surface area contributed by atoms with Crippen molar-refractivity contribution in [2.24, 2.45) is 5.92 Å². The number of carbonyl (C=O) groups is 2. The molecule has 2 saturated heterocycles. The number of likely N-dealkylation sites (tertiary alicyclic amines) is 2. The Morgan fingerprint density at radius 2 is 1.62 bits per heavy atom. The fraction of sp³-hybridized carbons (Fsp3) is 0.462. The van der Waals surface area contributed by atoms with Gasteiger partial charge < -0.3 is 24.2 Å². The molecular weight excluding hydrogens is 436 g/mol. The lowest BCUT2D eigenvalue weighted by Gasteiger charge is -2.42. The molecule has 8 nitrogen and oxygen atoms in total. The molecule has 0 aromatic heterocycles. The van der Waals surface area contributed by atoms with E-state index in [9.17, 15) is 14.7 Å². The van der Waals surface area contributed by atoms with Crippen LogP contribution in [0.5, 0.6) is 17.2 Å². The summed E-state index contributed by atoms with van der Waals surface area (Å²) in [5, 5.41) is 10.4. The van der Waals surface area contributed by atoms with Crippen molar-refractivity contribution in [2.45, 2.75) is 24.7 Å². The van der Waals surface area contributed by atoms with Crippen molar-refractivity contribution in [1.29, 1.82) is 0 Å². The zero-order valence-corrected chi connectivity index (χ0v) is 19.3. The first kappa shape index (κ1) is 22.5. The molecule has 0 bridgehead atoms. The average Bonchev–Trinajstić information content (AvgIpc) is 3.55. The highest BCUT2D eigenvalue weighted by atomic mass is 16.7. The van der Waals surface area contributed by atoms with E-state index in [0.29, 0.717) is 31.1 Å². The van der Waals surface area contributed by atoms with Crippen LogP contribution in [0.25, 0.3) is 0 Å². The number of hydrogen-bond donors (Lipinski definition) is 1. The molecular formula is C26H30N2O6. The van der Waals surface area contributed by atoms with Gasteiger partial charge in [0.2, 0.25) is 12.7 Å². The van der Waals surface area contributed by atoms with Crippen molar-refractivity contribution >= 4 is 11.9 Å². The van der Waals surface area contributed by atoms with Gasteiger partial charge in [0.05, 0.1) is 19.6 Å². The predicted octanol–water partition coefficient (Wildman–Crippen LogP) is 2.93. The standard InChI is InChI=1S/C26H30N2O6/c1-32-19-7-4-17(5-8-19)20-13-27(15-24(29)28-10-2-3-11-28)14-21(25(20)26(30)31)18-6-9-22-23(12-18)34-16-33-22/h4-9,12,20-21,25H,2-3,10-11,13-16H2,1H3,(H,30,31)/t20-,21?,25-/m1/s1. The van der Waals surface area contributed by atoms with Gasteiger partial charge >= 0.3 is 5.97 Å². The van der Waals surface area contributed by atoms with Crippen LogP contribution in [-0.4, -0.2) is 73.4 Å². The fourth-order valence-corrected chi connectivity index (χ4v) is 5.49. The quantitative estimate of drug-likeness (QED) is 0.700.